The van der Waals surface area contributed by atoms with E-state index >= 15 is 0 Å². The van der Waals surface area contributed by atoms with E-state index in [2.05, 4.69) is 25.1 Å². The Bertz CT molecular complexity index is 1020. The molecule has 1 amide bonds. The monoisotopic (exact) mass is 453 g/mol. The van der Waals surface area contributed by atoms with Gasteiger partial charge in [0.05, 0.1) is 6.33 Å². The first kappa shape index (κ1) is 24.5. The van der Waals surface area contributed by atoms with Crippen molar-refractivity contribution in [2.24, 2.45) is 0 Å². The smallest absolute Gasteiger partial charge is 0.306 e. The molecule has 0 aliphatic carbocycles. The number of hydrogen-bond acceptors (Lipinski definition) is 4. The molecule has 3 rings (SSSR count). The van der Waals surface area contributed by atoms with Crippen molar-refractivity contribution in [2.45, 2.75) is 59.1 Å². The van der Waals surface area contributed by atoms with E-state index in [1.54, 1.807) is 45.0 Å². The van der Waals surface area contributed by atoms with Gasteiger partial charge in [0.25, 0.3) is 5.91 Å². The lowest BCUT2D eigenvalue weighted by atomic mass is 9.97. The second kappa shape index (κ2) is 10.6. The molecule has 0 aromatic heterocycles. The Morgan fingerprint density at radius 2 is 1.79 bits per heavy atom. The molecule has 176 valence electrons. The van der Waals surface area contributed by atoms with E-state index in [-0.39, 0.29) is 31.3 Å². The Morgan fingerprint density at radius 3 is 2.45 bits per heavy atom. The molecule has 0 N–H and O–H groups in total. The number of halogens is 1. The van der Waals surface area contributed by atoms with Gasteiger partial charge in [-0.15, -0.1) is 0 Å². The first-order valence-corrected chi connectivity index (χ1v) is 11.2. The molecule has 0 unspecified atom stereocenters. The van der Waals surface area contributed by atoms with Crippen molar-refractivity contribution in [2.75, 3.05) is 13.2 Å². The number of carbonyl (C=O) groups excluding carboxylic acids is 2. The van der Waals surface area contributed by atoms with Crippen LogP contribution in [-0.4, -0.2) is 35.5 Å². The maximum Gasteiger partial charge on any atom is 0.306 e. The molecule has 2 aromatic rings. The number of ether oxygens (including phenoxy) is 2. The van der Waals surface area contributed by atoms with Gasteiger partial charge in [-0.25, -0.2) is 4.39 Å². The highest BCUT2D eigenvalue weighted by Gasteiger charge is 2.22. The standard InChI is InChI=1S/C27H32FNO4/c1-19-5-7-23-17-29(14-13-22(23)15-19)26(31)21-8-10-24(11-9-21)32-18-20(16-28)6-12-25(30)33-27(2,3)4/h5,7-11,15-16H,6,12-14,17-18H2,1-4H3. The van der Waals surface area contributed by atoms with Gasteiger partial charge in [-0.1, -0.05) is 23.8 Å². The zero-order chi connectivity index (χ0) is 24.0. The molecule has 0 saturated carbocycles. The molecule has 0 radical (unpaired) electrons. The van der Waals surface area contributed by atoms with Crippen LogP contribution in [0.2, 0.25) is 0 Å². The molecule has 0 spiro atoms. The Labute approximate surface area is 195 Å². The molecule has 1 heterocycles. The van der Waals surface area contributed by atoms with Crippen LogP contribution in [0.3, 0.4) is 0 Å². The van der Waals surface area contributed by atoms with Crippen molar-refractivity contribution >= 4 is 11.9 Å². The minimum Gasteiger partial charge on any atom is -0.489 e. The zero-order valence-corrected chi connectivity index (χ0v) is 19.8. The van der Waals surface area contributed by atoms with Crippen LogP contribution < -0.4 is 4.74 Å². The molecule has 0 saturated heterocycles. The molecule has 6 heteroatoms. The predicted octanol–water partition coefficient (Wildman–Crippen LogP) is 5.55. The fraction of sp³-hybridized carbons (Fsp3) is 0.407. The third-order valence-electron chi connectivity index (χ3n) is 5.41. The van der Waals surface area contributed by atoms with Gasteiger partial charge in [-0.05, 0) is 81.5 Å². The lowest BCUT2D eigenvalue weighted by molar-refractivity contribution is -0.154. The highest BCUT2D eigenvalue weighted by Crippen LogP contribution is 2.23. The van der Waals surface area contributed by atoms with E-state index in [0.29, 0.717) is 36.3 Å². The topological polar surface area (TPSA) is 55.8 Å². The quantitative estimate of drug-likeness (QED) is 0.516. The summed E-state index contributed by atoms with van der Waals surface area (Å²) in [6.07, 6.45) is 1.63. The molecule has 0 atom stereocenters. The van der Waals surface area contributed by atoms with Crippen LogP contribution in [-0.2, 0) is 22.5 Å². The van der Waals surface area contributed by atoms with E-state index in [4.69, 9.17) is 9.47 Å². The van der Waals surface area contributed by atoms with Gasteiger partial charge < -0.3 is 14.4 Å². The van der Waals surface area contributed by atoms with Crippen LogP contribution in [0.15, 0.2) is 54.4 Å². The number of aryl methyl sites for hydroxylation is 1. The number of nitrogens with zero attached hydrogens (tertiary/aromatic N) is 1. The van der Waals surface area contributed by atoms with E-state index in [0.717, 1.165) is 6.42 Å². The van der Waals surface area contributed by atoms with Crippen LogP contribution in [0, 0.1) is 6.92 Å². The number of amides is 1. The summed E-state index contributed by atoms with van der Waals surface area (Å²) < 4.78 is 24.1. The molecular weight excluding hydrogens is 421 g/mol. The Balaban J connectivity index is 1.51. The lowest BCUT2D eigenvalue weighted by Gasteiger charge is -2.29. The maximum atomic E-state index is 13.2. The van der Waals surface area contributed by atoms with E-state index in [1.165, 1.54) is 16.7 Å². The average molecular weight is 454 g/mol. The number of hydrogen-bond donors (Lipinski definition) is 0. The van der Waals surface area contributed by atoms with Gasteiger partial charge >= 0.3 is 5.97 Å². The molecule has 1 aliphatic heterocycles. The summed E-state index contributed by atoms with van der Waals surface area (Å²) >= 11 is 0. The van der Waals surface area contributed by atoms with Crippen molar-refractivity contribution in [1.29, 1.82) is 0 Å². The summed E-state index contributed by atoms with van der Waals surface area (Å²) in [6.45, 7) is 8.77. The molecule has 1 aliphatic rings. The number of carbonyl (C=O) groups is 2. The molecule has 33 heavy (non-hydrogen) atoms. The predicted molar refractivity (Wildman–Crippen MR) is 126 cm³/mol. The second-order valence-corrected chi connectivity index (χ2v) is 9.42. The van der Waals surface area contributed by atoms with Crippen LogP contribution >= 0.6 is 0 Å². The molecular formula is C27H32FNO4. The Kier molecular flexibility index (Phi) is 7.90. The number of benzene rings is 2. The highest BCUT2D eigenvalue weighted by atomic mass is 19.1. The maximum absolute atomic E-state index is 13.2. The SMILES string of the molecule is Cc1ccc2c(c1)CCN(C(=O)c1ccc(OCC(=CF)CCC(=O)OC(C)(C)C)cc1)C2. The van der Waals surface area contributed by atoms with Gasteiger partial charge in [-0.3, -0.25) is 9.59 Å². The van der Waals surface area contributed by atoms with Crippen molar-refractivity contribution in [1.82, 2.24) is 4.90 Å². The van der Waals surface area contributed by atoms with E-state index in [1.807, 2.05) is 4.90 Å². The third kappa shape index (κ3) is 7.17. The fourth-order valence-electron chi connectivity index (χ4n) is 3.72. The minimum atomic E-state index is -0.566. The normalized spacial score (nSPS) is 14.0. The lowest BCUT2D eigenvalue weighted by Crippen LogP contribution is -2.35. The summed E-state index contributed by atoms with van der Waals surface area (Å²) in [7, 11) is 0. The van der Waals surface area contributed by atoms with Crippen LogP contribution in [0.25, 0.3) is 0 Å². The van der Waals surface area contributed by atoms with Gasteiger partial charge in [0.2, 0.25) is 0 Å². The summed E-state index contributed by atoms with van der Waals surface area (Å²) in [5.74, 6) is 0.136. The largest absolute Gasteiger partial charge is 0.489 e. The van der Waals surface area contributed by atoms with Crippen molar-refractivity contribution < 1.29 is 23.5 Å². The zero-order valence-electron chi connectivity index (χ0n) is 19.8. The molecule has 0 bridgehead atoms. The summed E-state index contributed by atoms with van der Waals surface area (Å²) in [5.41, 5.74) is 4.12. The molecule has 5 nitrogen and oxygen atoms in total. The van der Waals surface area contributed by atoms with Crippen molar-refractivity contribution in [3.63, 3.8) is 0 Å². The van der Waals surface area contributed by atoms with Gasteiger partial charge in [0.1, 0.15) is 18.0 Å². The van der Waals surface area contributed by atoms with Gasteiger partial charge in [0.15, 0.2) is 0 Å². The van der Waals surface area contributed by atoms with E-state index in [9.17, 15) is 14.0 Å². The van der Waals surface area contributed by atoms with Crippen molar-refractivity contribution in [3.05, 3.63) is 76.6 Å². The van der Waals surface area contributed by atoms with Crippen LogP contribution in [0.5, 0.6) is 5.75 Å². The Hall–Kier alpha value is -3.15. The van der Waals surface area contributed by atoms with Crippen molar-refractivity contribution in [3.8, 4) is 5.75 Å². The first-order chi connectivity index (χ1) is 15.6. The number of rotatable bonds is 7. The average Bonchev–Trinajstić information content (AvgIpc) is 2.77. The number of esters is 1. The van der Waals surface area contributed by atoms with Crippen LogP contribution in [0.1, 0.15) is 60.7 Å². The molecule has 2 aromatic carbocycles. The Morgan fingerprint density at radius 1 is 1.06 bits per heavy atom. The van der Waals surface area contributed by atoms with Gasteiger partial charge in [0, 0.05) is 25.1 Å². The van der Waals surface area contributed by atoms with E-state index < -0.39 is 5.60 Å². The third-order valence-corrected chi connectivity index (χ3v) is 5.41. The number of fused-ring (bicyclic) bond motifs is 1. The first-order valence-electron chi connectivity index (χ1n) is 11.2. The highest BCUT2D eigenvalue weighted by molar-refractivity contribution is 5.94. The second-order valence-electron chi connectivity index (χ2n) is 9.42. The fourth-order valence-corrected chi connectivity index (χ4v) is 3.72. The minimum absolute atomic E-state index is 0.0190. The summed E-state index contributed by atoms with van der Waals surface area (Å²) in [5, 5.41) is 0. The summed E-state index contributed by atoms with van der Waals surface area (Å²) in [6, 6.07) is 13.2. The summed E-state index contributed by atoms with van der Waals surface area (Å²) in [4.78, 5) is 26.6. The van der Waals surface area contributed by atoms with Gasteiger partial charge in [-0.2, -0.15) is 0 Å². The molecule has 0 fully saturated rings. The van der Waals surface area contributed by atoms with Crippen LogP contribution in [0.4, 0.5) is 4.39 Å².